The molecule has 0 saturated heterocycles. The maximum Gasteiger partial charge on any atom is 0.321 e. The molecule has 0 unspecified atom stereocenters. The third-order valence-corrected chi connectivity index (χ3v) is 5.83. The lowest BCUT2D eigenvalue weighted by Gasteiger charge is -2.56. The molecule has 3 N–H and O–H groups in total. The second kappa shape index (κ2) is 7.04. The van der Waals surface area contributed by atoms with E-state index < -0.39 is 5.91 Å². The van der Waals surface area contributed by atoms with E-state index in [1.54, 1.807) is 29.2 Å². The van der Waals surface area contributed by atoms with Crippen molar-refractivity contribution < 1.29 is 14.3 Å². The number of carbonyl (C=O) groups excluding carboxylic acids is 2. The summed E-state index contributed by atoms with van der Waals surface area (Å²) < 4.78 is 5.93. The maximum absolute atomic E-state index is 12.7. The molecular weight excluding hydrogens is 318 g/mol. The van der Waals surface area contributed by atoms with Crippen LogP contribution in [0, 0.1) is 5.41 Å². The Morgan fingerprint density at radius 3 is 2.72 bits per heavy atom. The molecular formula is C19H27N3O3. The lowest BCUT2D eigenvalue weighted by Crippen LogP contribution is -2.64. The van der Waals surface area contributed by atoms with Crippen LogP contribution in [0.2, 0.25) is 0 Å². The van der Waals surface area contributed by atoms with Crippen LogP contribution in [-0.4, -0.2) is 42.6 Å². The highest BCUT2D eigenvalue weighted by Crippen LogP contribution is 2.56. The lowest BCUT2D eigenvalue weighted by molar-refractivity contribution is -0.150. The predicted octanol–water partition coefficient (Wildman–Crippen LogP) is 2.99. The molecule has 2 saturated carbocycles. The fourth-order valence-electron chi connectivity index (χ4n) is 4.50. The van der Waals surface area contributed by atoms with Crippen LogP contribution in [0.3, 0.4) is 0 Å². The molecule has 2 aliphatic rings. The minimum absolute atomic E-state index is 0.108. The highest BCUT2D eigenvalue weighted by Gasteiger charge is 2.58. The fraction of sp³-hybridized carbons (Fsp3) is 0.579. The van der Waals surface area contributed by atoms with E-state index in [-0.39, 0.29) is 23.6 Å². The predicted molar refractivity (Wildman–Crippen MR) is 96.5 cm³/mol. The molecule has 0 heterocycles. The van der Waals surface area contributed by atoms with Crippen molar-refractivity contribution in [3.8, 4) is 0 Å². The summed E-state index contributed by atoms with van der Waals surface area (Å²) in [5, 5.41) is 2.88. The summed E-state index contributed by atoms with van der Waals surface area (Å²) in [6.07, 6.45) is 5.80. The van der Waals surface area contributed by atoms with E-state index in [1.165, 1.54) is 12.8 Å². The number of nitrogens with one attached hydrogen (secondary N) is 1. The van der Waals surface area contributed by atoms with Crippen LogP contribution in [0.15, 0.2) is 24.3 Å². The SMILES string of the molecule is CCO[C@@H]1C[C@@H](N(C)C(=O)Nc2cccc(C(N)=O)c2)C12CCCC2. The van der Waals surface area contributed by atoms with Crippen LogP contribution < -0.4 is 11.1 Å². The summed E-state index contributed by atoms with van der Waals surface area (Å²) >= 11 is 0. The van der Waals surface area contributed by atoms with Gasteiger partial charge < -0.3 is 20.7 Å². The van der Waals surface area contributed by atoms with Gasteiger partial charge in [0.05, 0.1) is 6.10 Å². The summed E-state index contributed by atoms with van der Waals surface area (Å²) in [7, 11) is 1.85. The average Bonchev–Trinajstić information content (AvgIpc) is 3.10. The van der Waals surface area contributed by atoms with Crippen molar-refractivity contribution in [2.45, 2.75) is 51.2 Å². The highest BCUT2D eigenvalue weighted by atomic mass is 16.5. The van der Waals surface area contributed by atoms with Gasteiger partial charge >= 0.3 is 6.03 Å². The number of carbonyl (C=O) groups is 2. The van der Waals surface area contributed by atoms with Gasteiger partial charge in [-0.1, -0.05) is 18.9 Å². The minimum Gasteiger partial charge on any atom is -0.378 e. The third-order valence-electron chi connectivity index (χ3n) is 5.83. The van der Waals surface area contributed by atoms with Crippen molar-refractivity contribution >= 4 is 17.6 Å². The Bertz CT molecular complexity index is 655. The van der Waals surface area contributed by atoms with Gasteiger partial charge in [0.25, 0.3) is 0 Å². The smallest absolute Gasteiger partial charge is 0.321 e. The van der Waals surface area contributed by atoms with Crippen LogP contribution in [0.1, 0.15) is 49.4 Å². The number of primary amides is 1. The number of nitrogens with two attached hydrogens (primary N) is 1. The monoisotopic (exact) mass is 345 g/mol. The Balaban J connectivity index is 1.68. The van der Waals surface area contributed by atoms with Crippen molar-refractivity contribution in [3.05, 3.63) is 29.8 Å². The number of hydrogen-bond acceptors (Lipinski definition) is 3. The minimum atomic E-state index is -0.507. The molecule has 2 fully saturated rings. The summed E-state index contributed by atoms with van der Waals surface area (Å²) in [6, 6.07) is 6.74. The van der Waals surface area contributed by atoms with Crippen molar-refractivity contribution in [2.24, 2.45) is 11.1 Å². The number of amides is 3. The van der Waals surface area contributed by atoms with E-state index in [0.29, 0.717) is 11.3 Å². The quantitative estimate of drug-likeness (QED) is 0.860. The third kappa shape index (κ3) is 3.23. The van der Waals surface area contributed by atoms with Gasteiger partial charge in [0, 0.05) is 36.4 Å². The van der Waals surface area contributed by atoms with Crippen LogP contribution in [0.25, 0.3) is 0 Å². The number of rotatable bonds is 5. The summed E-state index contributed by atoms with van der Waals surface area (Å²) in [4.78, 5) is 25.8. The maximum atomic E-state index is 12.7. The van der Waals surface area contributed by atoms with Crippen molar-refractivity contribution in [3.63, 3.8) is 0 Å². The molecule has 1 aromatic rings. The Hall–Kier alpha value is -2.08. The van der Waals surface area contributed by atoms with E-state index in [0.717, 1.165) is 25.9 Å². The molecule has 6 nitrogen and oxygen atoms in total. The molecule has 25 heavy (non-hydrogen) atoms. The lowest BCUT2D eigenvalue weighted by atomic mass is 9.60. The van der Waals surface area contributed by atoms with Crippen LogP contribution >= 0.6 is 0 Å². The number of ether oxygens (including phenoxy) is 1. The topological polar surface area (TPSA) is 84.7 Å². The Morgan fingerprint density at radius 1 is 1.36 bits per heavy atom. The second-order valence-corrected chi connectivity index (χ2v) is 7.12. The number of urea groups is 1. The normalized spacial score (nSPS) is 23.9. The summed E-state index contributed by atoms with van der Waals surface area (Å²) in [5.41, 5.74) is 6.37. The van der Waals surface area contributed by atoms with Gasteiger partial charge in [-0.25, -0.2) is 4.79 Å². The van der Waals surface area contributed by atoms with E-state index in [9.17, 15) is 9.59 Å². The first-order chi connectivity index (χ1) is 12.0. The summed E-state index contributed by atoms with van der Waals surface area (Å²) in [5.74, 6) is -0.507. The zero-order valence-corrected chi connectivity index (χ0v) is 15.0. The molecule has 0 aliphatic heterocycles. The van der Waals surface area contributed by atoms with Crippen molar-refractivity contribution in [2.75, 3.05) is 19.0 Å². The number of nitrogens with zero attached hydrogens (tertiary/aromatic N) is 1. The molecule has 0 radical (unpaired) electrons. The van der Waals surface area contributed by atoms with Crippen LogP contribution in [0.4, 0.5) is 10.5 Å². The van der Waals surface area contributed by atoms with Crippen LogP contribution in [0.5, 0.6) is 0 Å². The van der Waals surface area contributed by atoms with Gasteiger partial charge in [-0.3, -0.25) is 4.79 Å². The molecule has 0 bridgehead atoms. The van der Waals surface area contributed by atoms with Gasteiger partial charge in [-0.05, 0) is 44.4 Å². The average molecular weight is 345 g/mol. The molecule has 6 heteroatoms. The molecule has 2 aliphatic carbocycles. The number of benzene rings is 1. The molecule has 2 atom stereocenters. The zero-order chi connectivity index (χ0) is 18.0. The van der Waals surface area contributed by atoms with Crippen molar-refractivity contribution in [1.82, 2.24) is 4.90 Å². The van der Waals surface area contributed by atoms with Crippen LogP contribution in [-0.2, 0) is 4.74 Å². The molecule has 3 rings (SSSR count). The molecule has 1 aromatic carbocycles. The Labute approximate surface area is 148 Å². The largest absolute Gasteiger partial charge is 0.378 e. The second-order valence-electron chi connectivity index (χ2n) is 7.12. The van der Waals surface area contributed by atoms with Gasteiger partial charge in [0.15, 0.2) is 0 Å². The van der Waals surface area contributed by atoms with E-state index in [1.807, 2.05) is 14.0 Å². The number of anilines is 1. The standard InChI is InChI=1S/C19H27N3O3/c1-3-25-16-12-15(19(16)9-4-5-10-19)22(2)18(24)21-14-8-6-7-13(11-14)17(20)23/h6-8,11,15-16H,3-5,9-10,12H2,1-2H3,(H2,20,23)(H,21,24)/t15-,16-/m1/s1. The zero-order valence-electron chi connectivity index (χ0n) is 15.0. The van der Waals surface area contributed by atoms with E-state index in [2.05, 4.69) is 5.32 Å². The fourth-order valence-corrected chi connectivity index (χ4v) is 4.50. The van der Waals surface area contributed by atoms with E-state index in [4.69, 9.17) is 10.5 Å². The molecule has 3 amide bonds. The first kappa shape index (κ1) is 17.7. The first-order valence-corrected chi connectivity index (χ1v) is 9.03. The number of hydrogen-bond donors (Lipinski definition) is 2. The first-order valence-electron chi connectivity index (χ1n) is 9.03. The molecule has 0 aromatic heterocycles. The molecule has 136 valence electrons. The summed E-state index contributed by atoms with van der Waals surface area (Å²) in [6.45, 7) is 2.74. The highest BCUT2D eigenvalue weighted by molar-refractivity contribution is 5.95. The Kier molecular flexibility index (Phi) is 4.99. The van der Waals surface area contributed by atoms with Gasteiger partial charge in [0.2, 0.25) is 5.91 Å². The Morgan fingerprint density at radius 2 is 2.08 bits per heavy atom. The van der Waals surface area contributed by atoms with Gasteiger partial charge in [0.1, 0.15) is 0 Å². The van der Waals surface area contributed by atoms with Crippen molar-refractivity contribution in [1.29, 1.82) is 0 Å². The van der Waals surface area contributed by atoms with E-state index >= 15 is 0 Å². The van der Waals surface area contributed by atoms with Gasteiger partial charge in [-0.15, -0.1) is 0 Å². The molecule has 1 spiro atoms. The van der Waals surface area contributed by atoms with Gasteiger partial charge in [-0.2, -0.15) is 0 Å².